The fourth-order valence-electron chi connectivity index (χ4n) is 4.49. The maximum atomic E-state index is 13.6. The zero-order valence-corrected chi connectivity index (χ0v) is 15.1. The number of nitrogens with zero attached hydrogens (tertiary/aromatic N) is 5. The topological polar surface area (TPSA) is 85.6 Å². The SMILES string of the molecule is O=c1c(C2CCNCC2)cc2nccnc2n1C1CCCc2nccnc21. The largest absolute Gasteiger partial charge is 0.317 e. The van der Waals surface area contributed by atoms with Crippen LogP contribution < -0.4 is 10.9 Å². The van der Waals surface area contributed by atoms with Crippen molar-refractivity contribution in [2.24, 2.45) is 0 Å². The zero-order chi connectivity index (χ0) is 18.2. The molecule has 1 N–H and O–H groups in total. The van der Waals surface area contributed by atoms with Crippen LogP contribution in [0.2, 0.25) is 0 Å². The number of pyridine rings is 1. The first-order chi connectivity index (χ1) is 13.3. The molecule has 1 atom stereocenters. The minimum atomic E-state index is -0.129. The van der Waals surface area contributed by atoms with Gasteiger partial charge in [-0.1, -0.05) is 0 Å². The van der Waals surface area contributed by atoms with E-state index in [0.717, 1.165) is 67.7 Å². The minimum Gasteiger partial charge on any atom is -0.317 e. The molecule has 1 aliphatic carbocycles. The molecule has 5 rings (SSSR count). The van der Waals surface area contributed by atoms with Crippen LogP contribution in [0.25, 0.3) is 11.2 Å². The van der Waals surface area contributed by atoms with Gasteiger partial charge in [0.05, 0.1) is 17.4 Å². The summed E-state index contributed by atoms with van der Waals surface area (Å²) in [4.78, 5) is 31.7. The van der Waals surface area contributed by atoms with Crippen LogP contribution in [0.4, 0.5) is 0 Å². The molecule has 4 heterocycles. The Morgan fingerprint density at radius 2 is 1.74 bits per heavy atom. The van der Waals surface area contributed by atoms with E-state index in [0.29, 0.717) is 5.65 Å². The van der Waals surface area contributed by atoms with Crippen molar-refractivity contribution in [1.82, 2.24) is 29.8 Å². The maximum Gasteiger partial charge on any atom is 0.256 e. The summed E-state index contributed by atoms with van der Waals surface area (Å²) in [5.41, 5.74) is 4.23. The molecular weight excluding hydrogens is 340 g/mol. The number of piperidine rings is 1. The van der Waals surface area contributed by atoms with E-state index in [-0.39, 0.29) is 17.5 Å². The van der Waals surface area contributed by atoms with Crippen molar-refractivity contribution in [3.8, 4) is 0 Å². The van der Waals surface area contributed by atoms with Gasteiger partial charge in [-0.25, -0.2) is 4.98 Å². The highest BCUT2D eigenvalue weighted by Gasteiger charge is 2.29. The molecule has 0 spiro atoms. The van der Waals surface area contributed by atoms with Crippen molar-refractivity contribution in [2.45, 2.75) is 44.1 Å². The van der Waals surface area contributed by atoms with Gasteiger partial charge < -0.3 is 5.32 Å². The molecule has 2 aliphatic rings. The predicted octanol–water partition coefficient (Wildman–Crippen LogP) is 1.97. The van der Waals surface area contributed by atoms with Gasteiger partial charge in [0.1, 0.15) is 5.52 Å². The number of fused-ring (bicyclic) bond motifs is 2. The Hall–Kier alpha value is -2.67. The lowest BCUT2D eigenvalue weighted by Crippen LogP contribution is -2.35. The molecule has 3 aromatic rings. The van der Waals surface area contributed by atoms with Crippen LogP contribution in [0.3, 0.4) is 0 Å². The van der Waals surface area contributed by atoms with Crippen LogP contribution in [0, 0.1) is 0 Å². The van der Waals surface area contributed by atoms with Crippen molar-refractivity contribution in [2.75, 3.05) is 13.1 Å². The summed E-state index contributed by atoms with van der Waals surface area (Å²) in [6.45, 7) is 1.89. The fourth-order valence-corrected chi connectivity index (χ4v) is 4.49. The fraction of sp³-hybridized carbons (Fsp3) is 0.450. The second-order valence-electron chi connectivity index (χ2n) is 7.36. The molecule has 3 aromatic heterocycles. The van der Waals surface area contributed by atoms with E-state index in [1.54, 1.807) is 24.8 Å². The molecule has 1 unspecified atom stereocenters. The summed E-state index contributed by atoms with van der Waals surface area (Å²) in [5, 5.41) is 3.38. The van der Waals surface area contributed by atoms with Crippen molar-refractivity contribution in [1.29, 1.82) is 0 Å². The third kappa shape index (κ3) is 2.82. The van der Waals surface area contributed by atoms with E-state index in [4.69, 9.17) is 0 Å². The van der Waals surface area contributed by atoms with Gasteiger partial charge in [-0.05, 0) is 57.2 Å². The Morgan fingerprint density at radius 1 is 0.963 bits per heavy atom. The summed E-state index contributed by atoms with van der Waals surface area (Å²) < 4.78 is 1.84. The highest BCUT2D eigenvalue weighted by Crippen LogP contribution is 2.32. The molecule has 0 aromatic carbocycles. The lowest BCUT2D eigenvalue weighted by atomic mass is 9.90. The molecule has 0 bridgehead atoms. The molecule has 1 fully saturated rings. The lowest BCUT2D eigenvalue weighted by Gasteiger charge is -2.28. The molecule has 27 heavy (non-hydrogen) atoms. The van der Waals surface area contributed by atoms with Crippen LogP contribution in [-0.4, -0.2) is 37.6 Å². The first-order valence-corrected chi connectivity index (χ1v) is 9.69. The summed E-state index contributed by atoms with van der Waals surface area (Å²) in [7, 11) is 0. The first kappa shape index (κ1) is 16.5. The summed E-state index contributed by atoms with van der Waals surface area (Å²) in [6, 6.07) is 1.83. The van der Waals surface area contributed by atoms with Crippen LogP contribution in [0.5, 0.6) is 0 Å². The van der Waals surface area contributed by atoms with E-state index in [2.05, 4.69) is 25.3 Å². The molecule has 1 saturated heterocycles. The zero-order valence-electron chi connectivity index (χ0n) is 15.1. The second-order valence-corrected chi connectivity index (χ2v) is 7.36. The number of aryl methyl sites for hydroxylation is 1. The second kappa shape index (κ2) is 6.81. The Morgan fingerprint density at radius 3 is 2.63 bits per heavy atom. The molecule has 0 amide bonds. The first-order valence-electron chi connectivity index (χ1n) is 9.69. The summed E-state index contributed by atoms with van der Waals surface area (Å²) in [6.07, 6.45) is 11.5. The Balaban J connectivity index is 1.74. The average Bonchev–Trinajstić information content (AvgIpc) is 2.74. The summed E-state index contributed by atoms with van der Waals surface area (Å²) >= 11 is 0. The Kier molecular flexibility index (Phi) is 4.16. The van der Waals surface area contributed by atoms with Gasteiger partial charge in [0.25, 0.3) is 5.56 Å². The van der Waals surface area contributed by atoms with Gasteiger partial charge in [-0.3, -0.25) is 24.3 Å². The van der Waals surface area contributed by atoms with Gasteiger partial charge in [-0.15, -0.1) is 0 Å². The summed E-state index contributed by atoms with van der Waals surface area (Å²) in [5.74, 6) is 0.265. The van der Waals surface area contributed by atoms with Crippen molar-refractivity contribution < 1.29 is 0 Å². The van der Waals surface area contributed by atoms with E-state index < -0.39 is 0 Å². The van der Waals surface area contributed by atoms with Crippen LogP contribution in [0.1, 0.15) is 54.6 Å². The third-order valence-electron chi connectivity index (χ3n) is 5.80. The van der Waals surface area contributed by atoms with Gasteiger partial charge in [0.15, 0.2) is 5.65 Å². The van der Waals surface area contributed by atoms with Crippen LogP contribution >= 0.6 is 0 Å². The van der Waals surface area contributed by atoms with Crippen molar-refractivity contribution in [3.05, 3.63) is 58.2 Å². The van der Waals surface area contributed by atoms with E-state index in [1.807, 2.05) is 10.6 Å². The molecule has 138 valence electrons. The number of hydrogen-bond donors (Lipinski definition) is 1. The normalized spacial score (nSPS) is 20.5. The lowest BCUT2D eigenvalue weighted by molar-refractivity contribution is 0.441. The van der Waals surface area contributed by atoms with Crippen LogP contribution in [-0.2, 0) is 6.42 Å². The quantitative estimate of drug-likeness (QED) is 0.750. The smallest absolute Gasteiger partial charge is 0.256 e. The number of aromatic nitrogens is 5. The standard InChI is InChI=1S/C20H22N6O/c27-20-14(13-4-6-21-7-5-13)12-16-19(25-11-9-23-16)26(20)17-3-1-2-15-18(17)24-10-8-22-15/h8-13,17,21H,1-7H2. The maximum absolute atomic E-state index is 13.6. The van der Waals surface area contributed by atoms with E-state index in [9.17, 15) is 4.79 Å². The number of hydrogen-bond acceptors (Lipinski definition) is 6. The van der Waals surface area contributed by atoms with Gasteiger partial charge in [0.2, 0.25) is 0 Å². The molecule has 0 radical (unpaired) electrons. The predicted molar refractivity (Wildman–Crippen MR) is 102 cm³/mol. The molecule has 7 heteroatoms. The molecular formula is C20H22N6O. The molecule has 1 aliphatic heterocycles. The van der Waals surface area contributed by atoms with Crippen molar-refractivity contribution in [3.63, 3.8) is 0 Å². The monoisotopic (exact) mass is 362 g/mol. The number of rotatable bonds is 2. The van der Waals surface area contributed by atoms with Gasteiger partial charge >= 0.3 is 0 Å². The van der Waals surface area contributed by atoms with Crippen molar-refractivity contribution >= 4 is 11.2 Å². The molecule has 0 saturated carbocycles. The highest BCUT2D eigenvalue weighted by atomic mass is 16.1. The third-order valence-corrected chi connectivity index (χ3v) is 5.80. The van der Waals surface area contributed by atoms with Gasteiger partial charge in [0, 0.05) is 30.4 Å². The minimum absolute atomic E-state index is 0.0541. The Bertz CT molecular complexity index is 1040. The van der Waals surface area contributed by atoms with E-state index >= 15 is 0 Å². The van der Waals surface area contributed by atoms with Gasteiger partial charge in [-0.2, -0.15) is 0 Å². The van der Waals surface area contributed by atoms with Crippen LogP contribution in [0.15, 0.2) is 35.6 Å². The van der Waals surface area contributed by atoms with E-state index in [1.165, 1.54) is 0 Å². The Labute approximate surface area is 156 Å². The molecule has 7 nitrogen and oxygen atoms in total. The highest BCUT2D eigenvalue weighted by molar-refractivity contribution is 5.71. The average molecular weight is 362 g/mol. The number of nitrogens with one attached hydrogen (secondary N) is 1.